The van der Waals surface area contributed by atoms with Gasteiger partial charge >= 0.3 is 5.97 Å². The summed E-state index contributed by atoms with van der Waals surface area (Å²) in [4.78, 5) is 44.3. The van der Waals surface area contributed by atoms with Crippen molar-refractivity contribution >= 4 is 34.8 Å². The van der Waals surface area contributed by atoms with Crippen LogP contribution in [0.3, 0.4) is 0 Å². The first-order valence-corrected chi connectivity index (χ1v) is 14.0. The average molecular weight is 565 g/mol. The molecule has 2 aromatic rings. The van der Waals surface area contributed by atoms with Crippen molar-refractivity contribution in [3.63, 3.8) is 0 Å². The van der Waals surface area contributed by atoms with Crippen molar-refractivity contribution in [2.24, 2.45) is 10.9 Å². The quantitative estimate of drug-likeness (QED) is 0.233. The third kappa shape index (κ3) is 4.87. The van der Waals surface area contributed by atoms with E-state index in [1.54, 1.807) is 19.1 Å². The van der Waals surface area contributed by atoms with Crippen LogP contribution in [-0.2, 0) is 14.3 Å². The summed E-state index contributed by atoms with van der Waals surface area (Å²) in [6, 6.07) is 10.2. The maximum atomic E-state index is 13.9. The lowest BCUT2D eigenvalue weighted by molar-refractivity contribution is -0.385. The van der Waals surface area contributed by atoms with Crippen LogP contribution in [0.2, 0.25) is 5.02 Å². The number of allylic oxidation sites excluding steroid dienone is 2. The molecule has 2 heterocycles. The predicted octanol–water partition coefficient (Wildman–Crippen LogP) is 6.43. The highest BCUT2D eigenvalue weighted by Crippen LogP contribution is 2.51. The Morgan fingerprint density at radius 2 is 1.77 bits per heavy atom. The Labute approximate surface area is 236 Å². The van der Waals surface area contributed by atoms with E-state index in [-0.39, 0.29) is 48.0 Å². The Hall–Kier alpha value is -3.72. The molecule has 0 saturated heterocycles. The van der Waals surface area contributed by atoms with E-state index >= 15 is 0 Å². The Morgan fingerprint density at radius 3 is 2.48 bits per heavy atom. The molecule has 3 atom stereocenters. The second-order valence-corrected chi connectivity index (χ2v) is 11.3. The second-order valence-electron chi connectivity index (χ2n) is 10.9. The van der Waals surface area contributed by atoms with Crippen molar-refractivity contribution in [2.45, 2.75) is 69.8 Å². The van der Waals surface area contributed by atoms with Gasteiger partial charge in [-0.2, -0.15) is 0 Å². The Morgan fingerprint density at radius 1 is 1.07 bits per heavy atom. The van der Waals surface area contributed by atoms with Crippen LogP contribution in [0.4, 0.5) is 5.69 Å². The van der Waals surface area contributed by atoms with Gasteiger partial charge in [-0.25, -0.2) is 0 Å². The number of rotatable bonds is 5. The molecule has 0 N–H and O–H groups in total. The minimum atomic E-state index is -0.976. The number of halogens is 1. The van der Waals surface area contributed by atoms with Gasteiger partial charge in [0.1, 0.15) is 12.0 Å². The number of ketones is 1. The van der Waals surface area contributed by atoms with E-state index in [9.17, 15) is 19.7 Å². The molecule has 0 radical (unpaired) electrons. The lowest BCUT2D eigenvalue weighted by atomic mass is 9.69. The molecule has 6 rings (SSSR count). The van der Waals surface area contributed by atoms with Gasteiger partial charge in [0, 0.05) is 39.9 Å². The number of carbonyl (C=O) groups is 2. The van der Waals surface area contributed by atoms with Gasteiger partial charge in [-0.05, 0) is 68.7 Å². The number of ether oxygens (including phenoxy) is 3. The minimum Gasteiger partial charge on any atom is -0.462 e. The normalized spacial score (nSPS) is 24.4. The van der Waals surface area contributed by atoms with E-state index in [2.05, 4.69) is 0 Å². The number of benzene rings is 2. The van der Waals surface area contributed by atoms with Crippen LogP contribution < -0.4 is 9.47 Å². The van der Waals surface area contributed by atoms with Gasteiger partial charge < -0.3 is 14.2 Å². The Bertz CT molecular complexity index is 1440. The highest BCUT2D eigenvalue weighted by Gasteiger charge is 2.48. The summed E-state index contributed by atoms with van der Waals surface area (Å²) in [6.45, 7) is 1.67. The van der Waals surface area contributed by atoms with Crippen molar-refractivity contribution in [3.05, 3.63) is 73.9 Å². The fraction of sp³-hybridized carbons (Fsp3) is 0.433. The summed E-state index contributed by atoms with van der Waals surface area (Å²) < 4.78 is 16.9. The van der Waals surface area contributed by atoms with E-state index in [0.717, 1.165) is 37.7 Å². The standard InChI is InChI=1S/C30H29ClN2O7/c1-16-27(30(35)40-20-5-3-2-4-6-20)28(21-13-25-26(39-15-38-25)14-23(21)33(36)37)29-22(32-16)11-18(12-24(29)34)17-7-9-19(31)10-8-17/h7-10,13-14,18,20,27-28H,2-6,11-12,15H2,1H3/t18-,27?,28-/m1/s1. The first kappa shape index (κ1) is 26.5. The van der Waals surface area contributed by atoms with E-state index in [4.69, 9.17) is 30.8 Å². The van der Waals surface area contributed by atoms with Crippen LogP contribution >= 0.6 is 11.6 Å². The average Bonchev–Trinajstić information content (AvgIpc) is 3.40. The maximum Gasteiger partial charge on any atom is 0.315 e. The van der Waals surface area contributed by atoms with Crippen LogP contribution in [-0.4, -0.2) is 35.3 Å². The predicted molar refractivity (Wildman–Crippen MR) is 147 cm³/mol. The topological polar surface area (TPSA) is 117 Å². The molecule has 1 unspecified atom stereocenters. The molecular formula is C30H29ClN2O7. The minimum absolute atomic E-state index is 0.0656. The summed E-state index contributed by atoms with van der Waals surface area (Å²) in [7, 11) is 0. The zero-order chi connectivity index (χ0) is 28.0. The summed E-state index contributed by atoms with van der Waals surface area (Å²) >= 11 is 6.08. The first-order chi connectivity index (χ1) is 19.3. The fourth-order valence-electron chi connectivity index (χ4n) is 6.45. The summed E-state index contributed by atoms with van der Waals surface area (Å²) in [6.07, 6.45) is 5.04. The highest BCUT2D eigenvalue weighted by molar-refractivity contribution is 6.30. The zero-order valence-electron chi connectivity index (χ0n) is 22.1. The van der Waals surface area contributed by atoms with Gasteiger partial charge in [-0.3, -0.25) is 24.7 Å². The van der Waals surface area contributed by atoms with Crippen LogP contribution in [0.25, 0.3) is 0 Å². The third-order valence-corrected chi connectivity index (χ3v) is 8.62. The Kier molecular flexibility index (Phi) is 7.08. The molecule has 40 heavy (non-hydrogen) atoms. The number of esters is 1. The van der Waals surface area contributed by atoms with Crippen LogP contribution in [0, 0.1) is 16.0 Å². The van der Waals surface area contributed by atoms with Gasteiger partial charge in [0.2, 0.25) is 6.79 Å². The number of hydrogen-bond donors (Lipinski definition) is 0. The molecule has 2 aromatic carbocycles. The summed E-state index contributed by atoms with van der Waals surface area (Å²) in [5.74, 6) is -2.14. The summed E-state index contributed by atoms with van der Waals surface area (Å²) in [5, 5.41) is 12.9. The van der Waals surface area contributed by atoms with Gasteiger partial charge in [-0.1, -0.05) is 30.2 Å². The van der Waals surface area contributed by atoms with Gasteiger partial charge in [0.05, 0.1) is 11.0 Å². The molecule has 10 heteroatoms. The van der Waals surface area contributed by atoms with E-state index < -0.39 is 22.7 Å². The van der Waals surface area contributed by atoms with Crippen molar-refractivity contribution in [2.75, 3.05) is 6.79 Å². The van der Waals surface area contributed by atoms with Gasteiger partial charge in [-0.15, -0.1) is 0 Å². The molecular weight excluding hydrogens is 536 g/mol. The monoisotopic (exact) mass is 564 g/mol. The lowest BCUT2D eigenvalue weighted by Gasteiger charge is -2.37. The van der Waals surface area contributed by atoms with E-state index in [1.165, 1.54) is 12.1 Å². The molecule has 4 aliphatic rings. The maximum absolute atomic E-state index is 13.9. The molecule has 208 valence electrons. The SMILES string of the molecule is CC1=NC2=C(C(=O)C[C@H](c3ccc(Cl)cc3)C2)[C@H](c2cc3c(cc2[N+](=O)[O-])OCO3)C1C(=O)OC1CCCCC1. The third-order valence-electron chi connectivity index (χ3n) is 8.37. The van der Waals surface area contributed by atoms with Crippen molar-refractivity contribution in [1.82, 2.24) is 0 Å². The molecule has 9 nitrogen and oxygen atoms in total. The molecule has 0 aromatic heterocycles. The van der Waals surface area contributed by atoms with E-state index in [1.807, 2.05) is 12.1 Å². The number of carbonyl (C=O) groups excluding carboxylic acids is 2. The van der Waals surface area contributed by atoms with Crippen molar-refractivity contribution in [1.29, 1.82) is 0 Å². The number of aliphatic imine (C=N–C) groups is 1. The number of nitro benzene ring substituents is 1. The highest BCUT2D eigenvalue weighted by atomic mass is 35.5. The second kappa shape index (κ2) is 10.7. The van der Waals surface area contributed by atoms with Gasteiger partial charge in [0.15, 0.2) is 17.3 Å². The number of hydrogen-bond acceptors (Lipinski definition) is 8. The molecule has 2 aliphatic heterocycles. The largest absolute Gasteiger partial charge is 0.462 e. The molecule has 0 bridgehead atoms. The molecule has 2 aliphatic carbocycles. The van der Waals surface area contributed by atoms with Crippen LogP contribution in [0.5, 0.6) is 11.5 Å². The number of nitro groups is 1. The first-order valence-electron chi connectivity index (χ1n) is 13.7. The van der Waals surface area contributed by atoms with Crippen LogP contribution in [0.1, 0.15) is 74.8 Å². The number of Topliss-reactive ketones (excluding diaryl/α,β-unsaturated/α-hetero) is 1. The van der Waals surface area contributed by atoms with E-state index in [0.29, 0.717) is 34.2 Å². The number of nitrogens with zero attached hydrogens (tertiary/aromatic N) is 2. The smallest absolute Gasteiger partial charge is 0.315 e. The zero-order valence-corrected chi connectivity index (χ0v) is 22.8. The van der Waals surface area contributed by atoms with Crippen molar-refractivity contribution < 1.29 is 28.7 Å². The fourth-order valence-corrected chi connectivity index (χ4v) is 6.57. The van der Waals surface area contributed by atoms with Crippen molar-refractivity contribution in [3.8, 4) is 11.5 Å². The number of fused-ring (bicyclic) bond motifs is 1. The molecule has 0 amide bonds. The molecule has 1 saturated carbocycles. The lowest BCUT2D eigenvalue weighted by Crippen LogP contribution is -2.39. The summed E-state index contributed by atoms with van der Waals surface area (Å²) in [5.41, 5.74) is 2.30. The van der Waals surface area contributed by atoms with Crippen LogP contribution in [0.15, 0.2) is 52.7 Å². The Balaban J connectivity index is 1.46. The van der Waals surface area contributed by atoms with Gasteiger partial charge in [0.25, 0.3) is 5.69 Å². The molecule has 0 spiro atoms. The molecule has 1 fully saturated rings.